The van der Waals surface area contributed by atoms with Gasteiger partial charge in [-0.05, 0) is 51.0 Å². The van der Waals surface area contributed by atoms with Crippen LogP contribution in [0, 0.1) is 6.92 Å². The molecule has 1 aliphatic rings. The predicted molar refractivity (Wildman–Crippen MR) is 124 cm³/mol. The number of carbonyl (C=O) groups excluding carboxylic acids is 2. The van der Waals surface area contributed by atoms with E-state index in [1.807, 2.05) is 19.1 Å². The highest BCUT2D eigenvalue weighted by Crippen LogP contribution is 2.31. The highest BCUT2D eigenvalue weighted by atomic mass is 16.5. The lowest BCUT2D eigenvalue weighted by molar-refractivity contribution is 0.0950. The number of para-hydroxylation sites is 3. The van der Waals surface area contributed by atoms with Gasteiger partial charge in [0.1, 0.15) is 17.3 Å². The first-order chi connectivity index (χ1) is 16.0. The number of aromatic hydroxyl groups is 1. The highest BCUT2D eigenvalue weighted by Gasteiger charge is 2.28. The summed E-state index contributed by atoms with van der Waals surface area (Å²) in [5.74, 6) is 0.429. The maximum Gasteiger partial charge on any atom is 0.291 e. The van der Waals surface area contributed by atoms with E-state index in [1.54, 1.807) is 31.2 Å². The average molecular weight is 447 g/mol. The van der Waals surface area contributed by atoms with Crippen LogP contribution in [0.2, 0.25) is 0 Å². The lowest BCUT2D eigenvalue weighted by Crippen LogP contribution is -2.22. The number of amides is 2. The van der Waals surface area contributed by atoms with Gasteiger partial charge in [0.05, 0.1) is 23.6 Å². The van der Waals surface area contributed by atoms with Gasteiger partial charge in [0.25, 0.3) is 11.8 Å². The van der Waals surface area contributed by atoms with Gasteiger partial charge in [0, 0.05) is 17.5 Å². The monoisotopic (exact) mass is 447 g/mol. The summed E-state index contributed by atoms with van der Waals surface area (Å²) in [6, 6.07) is 13.5. The summed E-state index contributed by atoms with van der Waals surface area (Å²) in [4.78, 5) is 25.4. The summed E-state index contributed by atoms with van der Waals surface area (Å²) in [7, 11) is 0. The second kappa shape index (κ2) is 9.60. The number of carbonyl (C=O) groups is 2. The Hall–Kier alpha value is -4.07. The van der Waals surface area contributed by atoms with Crippen LogP contribution in [0.5, 0.6) is 11.5 Å². The Balaban J connectivity index is 1.58. The Labute approximate surface area is 191 Å². The van der Waals surface area contributed by atoms with Crippen LogP contribution in [0.15, 0.2) is 58.0 Å². The van der Waals surface area contributed by atoms with E-state index in [0.29, 0.717) is 47.9 Å². The third kappa shape index (κ3) is 4.59. The van der Waals surface area contributed by atoms with Crippen molar-refractivity contribution >= 4 is 23.2 Å². The number of rotatable bonds is 6. The molecule has 1 aromatic heterocycles. The largest absolute Gasteiger partial charge is 0.507 e. The molecule has 0 unspecified atom stereocenters. The van der Waals surface area contributed by atoms with E-state index in [1.165, 1.54) is 12.1 Å². The molecule has 0 atom stereocenters. The molecule has 1 aliphatic carbocycles. The van der Waals surface area contributed by atoms with E-state index >= 15 is 0 Å². The van der Waals surface area contributed by atoms with Gasteiger partial charge >= 0.3 is 0 Å². The molecule has 4 rings (SSSR count). The Bertz CT molecular complexity index is 1230. The maximum absolute atomic E-state index is 13.0. The molecule has 0 aliphatic heterocycles. The number of phenols is 1. The number of aryl methyl sites for hydroxylation is 1. The number of ether oxygens (including phenoxy) is 1. The molecule has 8 nitrogen and oxygen atoms in total. The molecule has 0 bridgehead atoms. The molecule has 2 aromatic carbocycles. The quantitative estimate of drug-likeness (QED) is 0.484. The van der Waals surface area contributed by atoms with Crippen molar-refractivity contribution < 1.29 is 23.8 Å². The van der Waals surface area contributed by atoms with Crippen molar-refractivity contribution in [1.29, 1.82) is 0 Å². The minimum Gasteiger partial charge on any atom is -0.507 e. The fraction of sp³-hybridized carbons (Fsp3) is 0.240. The van der Waals surface area contributed by atoms with E-state index in [-0.39, 0.29) is 23.0 Å². The van der Waals surface area contributed by atoms with Crippen molar-refractivity contribution in [2.24, 2.45) is 5.10 Å². The zero-order valence-electron chi connectivity index (χ0n) is 18.5. The van der Waals surface area contributed by atoms with Crippen LogP contribution in [0.1, 0.15) is 57.6 Å². The van der Waals surface area contributed by atoms with Crippen LogP contribution in [-0.4, -0.2) is 29.2 Å². The minimum atomic E-state index is -0.514. The van der Waals surface area contributed by atoms with Gasteiger partial charge in [-0.3, -0.25) is 9.59 Å². The molecule has 0 saturated carbocycles. The van der Waals surface area contributed by atoms with Crippen molar-refractivity contribution in [3.63, 3.8) is 0 Å². The third-order valence-corrected chi connectivity index (χ3v) is 5.41. The number of nitrogens with one attached hydrogen (secondary N) is 2. The summed E-state index contributed by atoms with van der Waals surface area (Å²) < 4.78 is 11.5. The molecule has 33 heavy (non-hydrogen) atoms. The lowest BCUT2D eigenvalue weighted by atomic mass is 9.93. The zero-order chi connectivity index (χ0) is 23.4. The number of benzene rings is 2. The number of hydrogen-bond donors (Lipinski definition) is 3. The number of furan rings is 1. The zero-order valence-corrected chi connectivity index (χ0v) is 18.5. The maximum atomic E-state index is 13.0. The van der Waals surface area contributed by atoms with Gasteiger partial charge in [0.2, 0.25) is 0 Å². The van der Waals surface area contributed by atoms with Crippen LogP contribution in [-0.2, 0) is 6.42 Å². The van der Waals surface area contributed by atoms with E-state index in [0.717, 1.165) is 12.0 Å². The van der Waals surface area contributed by atoms with Crippen LogP contribution >= 0.6 is 0 Å². The van der Waals surface area contributed by atoms with Gasteiger partial charge < -0.3 is 19.6 Å². The molecule has 2 amide bonds. The molecule has 0 saturated heterocycles. The topological polar surface area (TPSA) is 113 Å². The Morgan fingerprint density at radius 1 is 1.09 bits per heavy atom. The molecular formula is C25H25N3O5. The summed E-state index contributed by atoms with van der Waals surface area (Å²) in [6.07, 6.45) is 2.08. The SMILES string of the molecule is CCOc1ccccc1NC(=O)c1oc2c(c1C)/C(=N/NC(=O)c1ccccc1O)CCC2. The van der Waals surface area contributed by atoms with Crippen LogP contribution in [0.3, 0.4) is 0 Å². The van der Waals surface area contributed by atoms with Crippen molar-refractivity contribution in [3.05, 3.63) is 76.7 Å². The summed E-state index contributed by atoms with van der Waals surface area (Å²) in [6.45, 7) is 4.16. The second-order valence-electron chi connectivity index (χ2n) is 7.61. The molecule has 0 spiro atoms. The van der Waals surface area contributed by atoms with E-state index in [9.17, 15) is 14.7 Å². The molecular weight excluding hydrogens is 422 g/mol. The normalized spacial score (nSPS) is 13.9. The van der Waals surface area contributed by atoms with Crippen molar-refractivity contribution in [2.45, 2.75) is 33.1 Å². The lowest BCUT2D eigenvalue weighted by Gasteiger charge is -2.13. The third-order valence-electron chi connectivity index (χ3n) is 5.41. The van der Waals surface area contributed by atoms with Gasteiger partial charge in [-0.1, -0.05) is 24.3 Å². The van der Waals surface area contributed by atoms with Gasteiger partial charge in [-0.25, -0.2) is 5.43 Å². The number of hydrogen-bond acceptors (Lipinski definition) is 6. The van der Waals surface area contributed by atoms with Gasteiger partial charge in [-0.15, -0.1) is 0 Å². The molecule has 170 valence electrons. The van der Waals surface area contributed by atoms with Crippen LogP contribution < -0.4 is 15.5 Å². The smallest absolute Gasteiger partial charge is 0.291 e. The number of phenolic OH excluding ortho intramolecular Hbond substituents is 1. The summed E-state index contributed by atoms with van der Waals surface area (Å²) in [5, 5.41) is 17.0. The van der Waals surface area contributed by atoms with Crippen molar-refractivity contribution in [1.82, 2.24) is 5.43 Å². The molecule has 0 fully saturated rings. The van der Waals surface area contributed by atoms with E-state index < -0.39 is 5.91 Å². The van der Waals surface area contributed by atoms with Crippen molar-refractivity contribution in [2.75, 3.05) is 11.9 Å². The number of fused-ring (bicyclic) bond motifs is 1. The Morgan fingerprint density at radius 2 is 1.85 bits per heavy atom. The standard InChI is InChI=1S/C25H25N3O5/c1-3-32-20-13-7-5-10-17(20)26-25(31)23-15(2)22-18(11-8-14-21(22)33-23)27-28-24(30)16-9-4-6-12-19(16)29/h4-7,9-10,12-13,29H,3,8,11,14H2,1-2H3,(H,26,31)(H,28,30)/b27-18+. The Kier molecular flexibility index (Phi) is 6.44. The van der Waals surface area contributed by atoms with Crippen molar-refractivity contribution in [3.8, 4) is 11.5 Å². The van der Waals surface area contributed by atoms with Gasteiger partial charge in [0.15, 0.2) is 5.76 Å². The molecule has 1 heterocycles. The first kappa shape index (κ1) is 22.1. The first-order valence-electron chi connectivity index (χ1n) is 10.8. The number of anilines is 1. The predicted octanol–water partition coefficient (Wildman–Crippen LogP) is 4.42. The van der Waals surface area contributed by atoms with Crippen LogP contribution in [0.25, 0.3) is 0 Å². The average Bonchev–Trinajstić information content (AvgIpc) is 3.16. The highest BCUT2D eigenvalue weighted by molar-refractivity contribution is 6.10. The van der Waals surface area contributed by atoms with Gasteiger partial charge in [-0.2, -0.15) is 5.10 Å². The second-order valence-corrected chi connectivity index (χ2v) is 7.61. The Morgan fingerprint density at radius 3 is 2.64 bits per heavy atom. The molecule has 3 aromatic rings. The molecule has 3 N–H and O–H groups in total. The van der Waals surface area contributed by atoms with E-state index in [4.69, 9.17) is 9.15 Å². The summed E-state index contributed by atoms with van der Waals surface area (Å²) >= 11 is 0. The molecule has 0 radical (unpaired) electrons. The van der Waals surface area contributed by atoms with E-state index in [2.05, 4.69) is 15.8 Å². The minimum absolute atomic E-state index is 0.120. The number of hydrazone groups is 1. The molecule has 8 heteroatoms. The fourth-order valence-corrected chi connectivity index (χ4v) is 3.87. The van der Waals surface area contributed by atoms with Crippen LogP contribution in [0.4, 0.5) is 5.69 Å². The first-order valence-corrected chi connectivity index (χ1v) is 10.8. The fourth-order valence-electron chi connectivity index (χ4n) is 3.87. The number of nitrogens with zero attached hydrogens (tertiary/aromatic N) is 1. The summed E-state index contributed by atoms with van der Waals surface area (Å²) in [5.41, 5.74) is 5.23.